The summed E-state index contributed by atoms with van der Waals surface area (Å²) in [5.41, 5.74) is 2.30. The van der Waals surface area contributed by atoms with Crippen LogP contribution in [-0.4, -0.2) is 85.4 Å². The van der Waals surface area contributed by atoms with Crippen LogP contribution in [0.2, 0.25) is 0 Å². The molecule has 2 heterocycles. The third-order valence-corrected chi connectivity index (χ3v) is 9.38. The fourth-order valence-electron chi connectivity index (χ4n) is 6.84. The summed E-state index contributed by atoms with van der Waals surface area (Å²) in [5, 5.41) is 11.2. The van der Waals surface area contributed by atoms with Gasteiger partial charge in [-0.2, -0.15) is 0 Å². The molecule has 0 saturated heterocycles. The standard InChI is InChI=1S/C40H45NO14/c1-21(42)54-40-33(50-6)13-23(14-34(40)51-7)27(19-35(44)52-8)38-37(45)28(43)17-25(55-38)20-41-11-10-22-12-29(46-2)30(47-3)18-26(22)36(41)24-15-31(48-4)39(53-9)32(16-24)49-5/h12-18,27,36,45H,10-11,19-20H2,1-9H3. The predicted molar refractivity (Wildman–Crippen MR) is 198 cm³/mol. The summed E-state index contributed by atoms with van der Waals surface area (Å²) in [7, 11) is 11.7. The lowest BCUT2D eigenvalue weighted by Crippen LogP contribution is -2.36. The number of ether oxygens (including phenoxy) is 9. The Hall–Kier alpha value is -6.09. The van der Waals surface area contributed by atoms with Crippen molar-refractivity contribution in [1.82, 2.24) is 4.90 Å². The average molecular weight is 764 g/mol. The van der Waals surface area contributed by atoms with Gasteiger partial charge in [-0.15, -0.1) is 0 Å². The quantitative estimate of drug-likeness (QED) is 0.124. The van der Waals surface area contributed by atoms with E-state index in [0.717, 1.165) is 16.7 Å². The van der Waals surface area contributed by atoms with Crippen LogP contribution in [0.15, 0.2) is 51.7 Å². The number of carbonyl (C=O) groups is 2. The Labute approximate surface area is 318 Å². The molecule has 0 aliphatic carbocycles. The molecule has 0 fully saturated rings. The van der Waals surface area contributed by atoms with Crippen molar-refractivity contribution in [3.8, 4) is 51.7 Å². The predicted octanol–water partition coefficient (Wildman–Crippen LogP) is 5.17. The zero-order chi connectivity index (χ0) is 40.0. The number of hydrogen-bond acceptors (Lipinski definition) is 15. The van der Waals surface area contributed by atoms with Crippen LogP contribution in [0.25, 0.3) is 0 Å². The Kier molecular flexibility index (Phi) is 12.7. The van der Waals surface area contributed by atoms with Crippen molar-refractivity contribution in [2.75, 3.05) is 63.4 Å². The van der Waals surface area contributed by atoms with E-state index in [9.17, 15) is 19.5 Å². The first-order chi connectivity index (χ1) is 26.4. The number of nitrogens with zero attached hydrogens (tertiary/aromatic N) is 1. The van der Waals surface area contributed by atoms with E-state index in [4.69, 9.17) is 47.0 Å². The molecule has 0 amide bonds. The van der Waals surface area contributed by atoms with E-state index in [0.29, 0.717) is 47.3 Å². The molecule has 1 aromatic heterocycles. The van der Waals surface area contributed by atoms with Gasteiger partial charge in [0.25, 0.3) is 0 Å². The van der Waals surface area contributed by atoms with Gasteiger partial charge in [-0.05, 0) is 65.1 Å². The van der Waals surface area contributed by atoms with Crippen molar-refractivity contribution < 1.29 is 61.7 Å². The molecule has 5 rings (SSSR count). The molecule has 0 radical (unpaired) electrons. The summed E-state index contributed by atoms with van der Waals surface area (Å²) < 4.78 is 56.1. The van der Waals surface area contributed by atoms with E-state index < -0.39 is 35.1 Å². The third kappa shape index (κ3) is 8.21. The molecule has 1 aliphatic heterocycles. The van der Waals surface area contributed by atoms with Gasteiger partial charge in [-0.25, -0.2) is 0 Å². The number of rotatable bonds is 15. The fourth-order valence-corrected chi connectivity index (χ4v) is 6.84. The van der Waals surface area contributed by atoms with E-state index in [1.807, 2.05) is 24.3 Å². The molecule has 1 N–H and O–H groups in total. The van der Waals surface area contributed by atoms with Crippen LogP contribution in [-0.2, 0) is 27.3 Å². The Morgan fingerprint density at radius 3 is 1.85 bits per heavy atom. The van der Waals surface area contributed by atoms with Crippen LogP contribution in [0.5, 0.6) is 51.7 Å². The normalized spacial score (nSPS) is 14.2. The van der Waals surface area contributed by atoms with Gasteiger partial charge in [-0.1, -0.05) is 0 Å². The van der Waals surface area contributed by atoms with Gasteiger partial charge < -0.3 is 52.2 Å². The topological polar surface area (TPSA) is 171 Å². The van der Waals surface area contributed by atoms with Gasteiger partial charge in [-0.3, -0.25) is 19.3 Å². The summed E-state index contributed by atoms with van der Waals surface area (Å²) >= 11 is 0. The summed E-state index contributed by atoms with van der Waals surface area (Å²) in [5.74, 6) is -0.399. The zero-order valence-electron chi connectivity index (χ0n) is 32.2. The second kappa shape index (κ2) is 17.4. The number of carbonyl (C=O) groups excluding carboxylic acids is 2. The van der Waals surface area contributed by atoms with E-state index >= 15 is 0 Å². The van der Waals surface area contributed by atoms with Crippen molar-refractivity contribution in [3.63, 3.8) is 0 Å². The molecule has 2 atom stereocenters. The highest BCUT2D eigenvalue weighted by Gasteiger charge is 2.34. The van der Waals surface area contributed by atoms with Crippen molar-refractivity contribution >= 4 is 11.9 Å². The van der Waals surface area contributed by atoms with Crippen LogP contribution in [0, 0.1) is 0 Å². The minimum atomic E-state index is -1.07. The molecule has 15 nitrogen and oxygen atoms in total. The lowest BCUT2D eigenvalue weighted by Gasteiger charge is -2.38. The minimum Gasteiger partial charge on any atom is -0.502 e. The van der Waals surface area contributed by atoms with E-state index in [-0.39, 0.29) is 41.7 Å². The van der Waals surface area contributed by atoms with Gasteiger partial charge in [0.05, 0.1) is 81.8 Å². The SMILES string of the molecule is COC(=O)CC(c1cc(OC)c(OC(C)=O)c(OC)c1)c1oc(CN2CCc3cc(OC)c(OC)cc3C2c2cc(OC)c(OC)c(OC)c2)cc(=O)c1O. The lowest BCUT2D eigenvalue weighted by molar-refractivity contribution is -0.141. The van der Waals surface area contributed by atoms with E-state index in [2.05, 4.69) is 4.90 Å². The first-order valence-corrected chi connectivity index (χ1v) is 17.1. The summed E-state index contributed by atoms with van der Waals surface area (Å²) in [6.07, 6.45) is 0.257. The van der Waals surface area contributed by atoms with Gasteiger partial charge in [0.2, 0.25) is 22.7 Å². The smallest absolute Gasteiger partial charge is 0.308 e. The first kappa shape index (κ1) is 40.1. The van der Waals surface area contributed by atoms with Crippen molar-refractivity contribution in [1.29, 1.82) is 0 Å². The fraction of sp³-hybridized carbons (Fsp3) is 0.375. The summed E-state index contributed by atoms with van der Waals surface area (Å²) in [4.78, 5) is 40.4. The molecule has 4 aromatic rings. The summed E-state index contributed by atoms with van der Waals surface area (Å²) in [6, 6.07) is 11.3. The number of hydrogen-bond donors (Lipinski definition) is 1. The molecule has 2 unspecified atom stereocenters. The Balaban J connectivity index is 1.67. The van der Waals surface area contributed by atoms with Crippen LogP contribution in [0.1, 0.15) is 59.1 Å². The van der Waals surface area contributed by atoms with Gasteiger partial charge in [0, 0.05) is 19.5 Å². The maximum Gasteiger partial charge on any atom is 0.308 e. The maximum absolute atomic E-state index is 13.5. The number of benzene rings is 3. The molecule has 0 spiro atoms. The zero-order valence-corrected chi connectivity index (χ0v) is 32.2. The van der Waals surface area contributed by atoms with Crippen molar-refractivity contribution in [2.45, 2.75) is 38.3 Å². The highest BCUT2D eigenvalue weighted by molar-refractivity contribution is 5.74. The lowest BCUT2D eigenvalue weighted by atomic mass is 9.87. The van der Waals surface area contributed by atoms with Crippen molar-refractivity contribution in [3.05, 3.63) is 86.5 Å². The molecule has 0 saturated carbocycles. The second-order valence-corrected chi connectivity index (χ2v) is 12.5. The van der Waals surface area contributed by atoms with Gasteiger partial charge >= 0.3 is 11.9 Å². The number of esters is 2. The van der Waals surface area contributed by atoms with E-state index in [1.54, 1.807) is 14.2 Å². The Bertz CT molecular complexity index is 2060. The molecular weight excluding hydrogens is 718 g/mol. The monoisotopic (exact) mass is 763 g/mol. The molecular formula is C40H45NO14. The summed E-state index contributed by atoms with van der Waals surface area (Å²) in [6.45, 7) is 1.81. The molecule has 1 aliphatic rings. The number of fused-ring (bicyclic) bond motifs is 1. The Morgan fingerprint density at radius 2 is 1.33 bits per heavy atom. The average Bonchev–Trinajstić information content (AvgIpc) is 3.19. The van der Waals surface area contributed by atoms with Crippen LogP contribution in [0.3, 0.4) is 0 Å². The molecule has 294 valence electrons. The molecule has 55 heavy (non-hydrogen) atoms. The van der Waals surface area contributed by atoms with Gasteiger partial charge in [0.1, 0.15) is 5.76 Å². The molecule has 0 bridgehead atoms. The largest absolute Gasteiger partial charge is 0.502 e. The van der Waals surface area contributed by atoms with Crippen molar-refractivity contribution in [2.24, 2.45) is 0 Å². The minimum absolute atomic E-state index is 0.00922. The number of aromatic hydroxyl groups is 1. The molecule has 15 heteroatoms. The van der Waals surface area contributed by atoms with Crippen LogP contribution in [0.4, 0.5) is 0 Å². The Morgan fingerprint density at radius 1 is 0.764 bits per heavy atom. The molecule has 3 aromatic carbocycles. The highest BCUT2D eigenvalue weighted by Crippen LogP contribution is 2.47. The second-order valence-electron chi connectivity index (χ2n) is 12.5. The first-order valence-electron chi connectivity index (χ1n) is 17.1. The maximum atomic E-state index is 13.5. The van der Waals surface area contributed by atoms with Crippen LogP contribution < -0.4 is 43.3 Å². The van der Waals surface area contributed by atoms with Gasteiger partial charge in [0.15, 0.2) is 40.3 Å². The van der Waals surface area contributed by atoms with Crippen LogP contribution >= 0.6 is 0 Å². The third-order valence-electron chi connectivity index (χ3n) is 9.38. The van der Waals surface area contributed by atoms with E-state index in [1.165, 1.54) is 67.8 Å². The highest BCUT2D eigenvalue weighted by atomic mass is 16.6. The number of methoxy groups -OCH3 is 8.